The van der Waals surface area contributed by atoms with Gasteiger partial charge in [-0.15, -0.1) is 11.3 Å². The molecule has 1 aromatic rings. The third-order valence-electron chi connectivity index (χ3n) is 3.02. The minimum absolute atomic E-state index is 0.563. The molecule has 16 heavy (non-hydrogen) atoms. The molecule has 0 aromatic carbocycles. The molecule has 0 radical (unpaired) electrons. The van der Waals surface area contributed by atoms with Gasteiger partial charge in [0.2, 0.25) is 0 Å². The average molecular weight is 241 g/mol. The van der Waals surface area contributed by atoms with Crippen LogP contribution in [0.3, 0.4) is 0 Å². The van der Waals surface area contributed by atoms with Gasteiger partial charge in [-0.1, -0.05) is 13.8 Å². The fraction of sp³-hybridized carbons (Fsp3) is 0.750. The zero-order chi connectivity index (χ0) is 12.1. The van der Waals surface area contributed by atoms with Gasteiger partial charge in [0.25, 0.3) is 0 Å². The van der Waals surface area contributed by atoms with Crippen LogP contribution >= 0.6 is 11.3 Å². The summed E-state index contributed by atoms with van der Waals surface area (Å²) >= 11 is 1.78. The van der Waals surface area contributed by atoms with Crippen LogP contribution in [0.25, 0.3) is 0 Å². The van der Waals surface area contributed by atoms with E-state index in [1.54, 1.807) is 11.3 Å². The summed E-state index contributed by atoms with van der Waals surface area (Å²) in [5.41, 5.74) is 6.84. The van der Waals surface area contributed by atoms with Crippen LogP contribution in [0.5, 0.6) is 0 Å². The second kappa shape index (κ2) is 6.21. The van der Waals surface area contributed by atoms with Gasteiger partial charge in [-0.3, -0.25) is 0 Å². The van der Waals surface area contributed by atoms with Crippen LogP contribution in [0.15, 0.2) is 0 Å². The monoisotopic (exact) mass is 241 g/mol. The summed E-state index contributed by atoms with van der Waals surface area (Å²) < 4.78 is 0. The second-order valence-corrected chi connectivity index (χ2v) is 5.27. The predicted molar refractivity (Wildman–Crippen MR) is 72.4 cm³/mol. The summed E-state index contributed by atoms with van der Waals surface area (Å²) in [6.07, 6.45) is 2.29. The quantitative estimate of drug-likeness (QED) is 0.832. The molecule has 0 unspecified atom stereocenters. The molecule has 0 aliphatic heterocycles. The Hall–Kier alpha value is -0.610. The highest BCUT2D eigenvalue weighted by Crippen LogP contribution is 2.27. The molecule has 3 nitrogen and oxygen atoms in total. The van der Waals surface area contributed by atoms with Gasteiger partial charge in [0, 0.05) is 24.0 Å². The standard InChI is InChI=1S/C12H23N3S/c1-5-11(6-2)15(8-7-13)12-14-9(3)10(4)16-12/h11H,5-8,13H2,1-4H3. The van der Waals surface area contributed by atoms with Crippen LogP contribution in [0.2, 0.25) is 0 Å². The van der Waals surface area contributed by atoms with Crippen LogP contribution in [-0.2, 0) is 0 Å². The van der Waals surface area contributed by atoms with E-state index in [2.05, 4.69) is 37.6 Å². The maximum Gasteiger partial charge on any atom is 0.186 e. The summed E-state index contributed by atoms with van der Waals surface area (Å²) in [5, 5.41) is 1.13. The minimum atomic E-state index is 0.563. The number of aromatic nitrogens is 1. The smallest absolute Gasteiger partial charge is 0.186 e. The van der Waals surface area contributed by atoms with Crippen molar-refractivity contribution in [2.45, 2.75) is 46.6 Å². The number of rotatable bonds is 6. The summed E-state index contributed by atoms with van der Waals surface area (Å²) in [6.45, 7) is 10.2. The van der Waals surface area contributed by atoms with Crippen molar-refractivity contribution in [1.29, 1.82) is 0 Å². The van der Waals surface area contributed by atoms with E-state index >= 15 is 0 Å². The Labute approximate surface area is 103 Å². The normalized spacial score (nSPS) is 11.1. The topological polar surface area (TPSA) is 42.1 Å². The number of hydrogen-bond donors (Lipinski definition) is 1. The van der Waals surface area contributed by atoms with Crippen molar-refractivity contribution < 1.29 is 0 Å². The largest absolute Gasteiger partial charge is 0.344 e. The number of nitrogens with zero attached hydrogens (tertiary/aromatic N) is 2. The van der Waals surface area contributed by atoms with Crippen molar-refractivity contribution in [3.8, 4) is 0 Å². The molecule has 0 atom stereocenters. The third kappa shape index (κ3) is 2.95. The first kappa shape index (κ1) is 13.5. The number of aryl methyl sites for hydroxylation is 2. The maximum absolute atomic E-state index is 5.69. The van der Waals surface area contributed by atoms with E-state index in [0.29, 0.717) is 12.6 Å². The fourth-order valence-electron chi connectivity index (χ4n) is 1.88. The Balaban J connectivity index is 2.91. The van der Waals surface area contributed by atoms with Gasteiger partial charge in [-0.2, -0.15) is 0 Å². The van der Waals surface area contributed by atoms with Crippen LogP contribution in [0, 0.1) is 13.8 Å². The molecule has 1 aromatic heterocycles. The Kier molecular flexibility index (Phi) is 5.22. The van der Waals surface area contributed by atoms with E-state index in [-0.39, 0.29) is 0 Å². The highest BCUT2D eigenvalue weighted by Gasteiger charge is 2.18. The molecule has 2 N–H and O–H groups in total. The minimum Gasteiger partial charge on any atom is -0.344 e. The van der Waals surface area contributed by atoms with Crippen molar-refractivity contribution in [3.05, 3.63) is 10.6 Å². The SMILES string of the molecule is CCC(CC)N(CCN)c1nc(C)c(C)s1. The molecular weight excluding hydrogens is 218 g/mol. The summed E-state index contributed by atoms with van der Waals surface area (Å²) in [4.78, 5) is 8.31. The molecule has 0 aliphatic carbocycles. The second-order valence-electron chi connectivity index (χ2n) is 4.09. The van der Waals surface area contributed by atoms with Gasteiger partial charge in [-0.25, -0.2) is 4.98 Å². The molecule has 0 saturated heterocycles. The average Bonchev–Trinajstić information content (AvgIpc) is 2.59. The van der Waals surface area contributed by atoms with Crippen molar-refractivity contribution in [3.63, 3.8) is 0 Å². The van der Waals surface area contributed by atoms with Crippen molar-refractivity contribution >= 4 is 16.5 Å². The number of anilines is 1. The first-order valence-corrected chi connectivity index (χ1v) is 6.86. The molecule has 92 valence electrons. The molecule has 1 heterocycles. The molecule has 0 amide bonds. The highest BCUT2D eigenvalue weighted by molar-refractivity contribution is 7.15. The van der Waals surface area contributed by atoms with Crippen LogP contribution in [0.4, 0.5) is 5.13 Å². The Morgan fingerprint density at radius 3 is 2.31 bits per heavy atom. The molecule has 0 bridgehead atoms. The van der Waals surface area contributed by atoms with E-state index in [4.69, 9.17) is 5.73 Å². The van der Waals surface area contributed by atoms with E-state index in [9.17, 15) is 0 Å². The van der Waals surface area contributed by atoms with E-state index in [0.717, 1.165) is 30.2 Å². The number of nitrogens with two attached hydrogens (primary N) is 1. The molecule has 0 spiro atoms. The molecule has 0 aliphatic rings. The first-order chi connectivity index (χ1) is 7.63. The Bertz CT molecular complexity index is 299. The molecular formula is C12H23N3S. The van der Waals surface area contributed by atoms with Crippen molar-refractivity contribution in [2.24, 2.45) is 5.73 Å². The lowest BCUT2D eigenvalue weighted by Crippen LogP contribution is -2.38. The lowest BCUT2D eigenvalue weighted by atomic mass is 10.1. The number of thiazole rings is 1. The predicted octanol–water partition coefficient (Wildman–Crippen LogP) is 2.71. The molecule has 1 rings (SSSR count). The first-order valence-electron chi connectivity index (χ1n) is 6.04. The molecule has 4 heteroatoms. The maximum atomic E-state index is 5.69. The van der Waals surface area contributed by atoms with E-state index < -0.39 is 0 Å². The van der Waals surface area contributed by atoms with Gasteiger partial charge >= 0.3 is 0 Å². The van der Waals surface area contributed by atoms with Gasteiger partial charge in [0.05, 0.1) is 5.69 Å². The molecule has 0 fully saturated rings. The highest BCUT2D eigenvalue weighted by atomic mass is 32.1. The zero-order valence-corrected chi connectivity index (χ0v) is 11.6. The third-order valence-corrected chi connectivity index (χ3v) is 4.13. The Morgan fingerprint density at radius 1 is 1.31 bits per heavy atom. The summed E-state index contributed by atoms with van der Waals surface area (Å²) in [6, 6.07) is 0.563. The van der Waals surface area contributed by atoms with Crippen LogP contribution in [-0.4, -0.2) is 24.1 Å². The number of hydrogen-bond acceptors (Lipinski definition) is 4. The summed E-state index contributed by atoms with van der Waals surface area (Å²) in [7, 11) is 0. The van der Waals surface area contributed by atoms with Gasteiger partial charge in [0.1, 0.15) is 0 Å². The van der Waals surface area contributed by atoms with Crippen molar-refractivity contribution in [1.82, 2.24) is 4.98 Å². The van der Waals surface area contributed by atoms with Gasteiger partial charge in [-0.05, 0) is 26.7 Å². The lowest BCUT2D eigenvalue weighted by Gasteiger charge is -2.29. The van der Waals surface area contributed by atoms with E-state index in [1.165, 1.54) is 4.88 Å². The Morgan fingerprint density at radius 2 is 1.94 bits per heavy atom. The summed E-state index contributed by atoms with van der Waals surface area (Å²) in [5.74, 6) is 0. The van der Waals surface area contributed by atoms with Gasteiger partial charge in [0.15, 0.2) is 5.13 Å². The fourth-order valence-corrected chi connectivity index (χ4v) is 2.89. The van der Waals surface area contributed by atoms with E-state index in [1.807, 2.05) is 0 Å². The lowest BCUT2D eigenvalue weighted by molar-refractivity contribution is 0.558. The van der Waals surface area contributed by atoms with Crippen LogP contribution in [0.1, 0.15) is 37.3 Å². The van der Waals surface area contributed by atoms with Crippen LogP contribution < -0.4 is 10.6 Å². The van der Waals surface area contributed by atoms with Crippen molar-refractivity contribution in [2.75, 3.05) is 18.0 Å². The zero-order valence-electron chi connectivity index (χ0n) is 10.8. The van der Waals surface area contributed by atoms with Gasteiger partial charge < -0.3 is 10.6 Å². The molecule has 0 saturated carbocycles.